The summed E-state index contributed by atoms with van der Waals surface area (Å²) in [4.78, 5) is 12.4. The highest BCUT2D eigenvalue weighted by Crippen LogP contribution is 2.38. The van der Waals surface area contributed by atoms with Gasteiger partial charge in [-0.2, -0.15) is 13.2 Å². The van der Waals surface area contributed by atoms with Gasteiger partial charge in [-0.3, -0.25) is 10.1 Å². The van der Waals surface area contributed by atoms with Crippen LogP contribution in [0.25, 0.3) is 21.5 Å². The smallest absolute Gasteiger partial charge is 0.350 e. The normalized spacial score (nSPS) is 11.7. The van der Waals surface area contributed by atoms with Crippen molar-refractivity contribution in [3.63, 3.8) is 0 Å². The van der Waals surface area contributed by atoms with E-state index in [1.807, 2.05) is 0 Å². The molecule has 0 radical (unpaired) electrons. The predicted molar refractivity (Wildman–Crippen MR) is 92.3 cm³/mol. The Bertz CT molecular complexity index is 1140. The van der Waals surface area contributed by atoms with Crippen molar-refractivity contribution >= 4 is 33.3 Å². The molecule has 1 amide bonds. The van der Waals surface area contributed by atoms with Crippen LogP contribution in [0.15, 0.2) is 53.1 Å². The number of carbonyl (C=O) groups is 1. The minimum Gasteiger partial charge on any atom is -0.350 e. The summed E-state index contributed by atoms with van der Waals surface area (Å²) in [5.74, 6) is -0.631. The molecule has 0 aliphatic heterocycles. The summed E-state index contributed by atoms with van der Waals surface area (Å²) in [5, 5.41) is 14.4. The van der Waals surface area contributed by atoms with E-state index in [1.165, 1.54) is 18.2 Å². The Labute approximate surface area is 153 Å². The number of anilines is 1. The van der Waals surface area contributed by atoms with E-state index < -0.39 is 17.6 Å². The quantitative estimate of drug-likeness (QED) is 0.552. The molecule has 4 rings (SSSR count). The molecule has 0 aliphatic rings. The van der Waals surface area contributed by atoms with Crippen LogP contribution in [0.4, 0.5) is 18.3 Å². The Morgan fingerprint density at radius 2 is 1.78 bits per heavy atom. The molecule has 4 aromatic rings. The number of carbonyl (C=O) groups excluding carboxylic acids is 1. The van der Waals surface area contributed by atoms with E-state index in [2.05, 4.69) is 20.7 Å². The summed E-state index contributed by atoms with van der Waals surface area (Å²) >= 11 is 0.831. The second-order valence-electron chi connectivity index (χ2n) is 5.44. The lowest BCUT2D eigenvalue weighted by Gasteiger charge is -2.09. The maximum Gasteiger partial charge on any atom is 0.417 e. The van der Waals surface area contributed by atoms with Crippen LogP contribution in [0.3, 0.4) is 0 Å². The lowest BCUT2D eigenvalue weighted by atomic mass is 10.1. The topological polar surface area (TPSA) is 80.9 Å². The van der Waals surface area contributed by atoms with Crippen LogP contribution < -0.4 is 5.32 Å². The molecule has 2 aromatic heterocycles. The van der Waals surface area contributed by atoms with Gasteiger partial charge in [0.15, 0.2) is 0 Å². The summed E-state index contributed by atoms with van der Waals surface area (Å²) in [5.41, 5.74) is -0.409. The van der Waals surface area contributed by atoms with Gasteiger partial charge in [0.25, 0.3) is 5.91 Å². The summed E-state index contributed by atoms with van der Waals surface area (Å²) < 4.78 is 44.5. The Balaban J connectivity index is 1.62. The predicted octanol–water partition coefficient (Wildman–Crippen LogP) is 4.62. The first-order valence-electron chi connectivity index (χ1n) is 7.59. The molecule has 0 saturated carbocycles. The maximum atomic E-state index is 13.2. The standard InChI is InChI=1S/C17H9F3N4O2S/c18-17(19,20)11-7-3-1-5-9(11)15-22-23-16(27-15)21-14(25)13-10-6-2-4-8-12(10)24-26-13/h1-8H,(H,21,23,25). The maximum absolute atomic E-state index is 13.2. The highest BCUT2D eigenvalue weighted by molar-refractivity contribution is 7.18. The number of benzene rings is 2. The Morgan fingerprint density at radius 3 is 2.59 bits per heavy atom. The molecule has 0 aliphatic carbocycles. The van der Waals surface area contributed by atoms with Gasteiger partial charge in [0.05, 0.1) is 10.9 Å². The largest absolute Gasteiger partial charge is 0.417 e. The molecule has 27 heavy (non-hydrogen) atoms. The van der Waals surface area contributed by atoms with E-state index in [0.717, 1.165) is 17.4 Å². The van der Waals surface area contributed by atoms with Gasteiger partial charge in [0, 0.05) is 5.56 Å². The summed E-state index contributed by atoms with van der Waals surface area (Å²) in [6.07, 6.45) is -4.52. The van der Waals surface area contributed by atoms with Crippen molar-refractivity contribution in [1.82, 2.24) is 15.4 Å². The van der Waals surface area contributed by atoms with Crippen LogP contribution in [0.1, 0.15) is 16.1 Å². The number of nitrogens with one attached hydrogen (secondary N) is 1. The lowest BCUT2D eigenvalue weighted by molar-refractivity contribution is -0.137. The molecule has 0 bridgehead atoms. The zero-order valence-corrected chi connectivity index (χ0v) is 14.1. The van der Waals surface area contributed by atoms with Crippen molar-refractivity contribution in [2.45, 2.75) is 6.18 Å². The molecule has 1 N–H and O–H groups in total. The van der Waals surface area contributed by atoms with Crippen molar-refractivity contribution in [2.24, 2.45) is 0 Å². The van der Waals surface area contributed by atoms with Gasteiger partial charge in [-0.25, -0.2) is 0 Å². The Hall–Kier alpha value is -3.27. The van der Waals surface area contributed by atoms with Gasteiger partial charge in [0.1, 0.15) is 10.5 Å². The second kappa shape index (κ2) is 6.47. The molecule has 0 fully saturated rings. The number of hydrogen-bond donors (Lipinski definition) is 1. The van der Waals surface area contributed by atoms with Gasteiger partial charge < -0.3 is 4.52 Å². The third kappa shape index (κ3) is 3.26. The van der Waals surface area contributed by atoms with Crippen LogP contribution in [0.2, 0.25) is 0 Å². The fourth-order valence-electron chi connectivity index (χ4n) is 2.51. The molecule has 6 nitrogen and oxygen atoms in total. The number of amides is 1. The lowest BCUT2D eigenvalue weighted by Crippen LogP contribution is -2.11. The van der Waals surface area contributed by atoms with Gasteiger partial charge in [-0.05, 0) is 18.2 Å². The third-order valence-electron chi connectivity index (χ3n) is 3.70. The average Bonchev–Trinajstić information content (AvgIpc) is 3.28. The first-order valence-corrected chi connectivity index (χ1v) is 8.41. The van der Waals surface area contributed by atoms with Crippen molar-refractivity contribution in [2.75, 3.05) is 5.32 Å². The number of nitrogens with zero attached hydrogens (tertiary/aromatic N) is 3. The molecular weight excluding hydrogens is 381 g/mol. The molecule has 136 valence electrons. The number of hydrogen-bond acceptors (Lipinski definition) is 6. The molecule has 0 atom stereocenters. The highest BCUT2D eigenvalue weighted by Gasteiger charge is 2.34. The van der Waals surface area contributed by atoms with E-state index >= 15 is 0 Å². The fraction of sp³-hybridized carbons (Fsp3) is 0.0588. The van der Waals surface area contributed by atoms with Gasteiger partial charge in [-0.15, -0.1) is 10.2 Å². The van der Waals surface area contributed by atoms with Gasteiger partial charge in [0.2, 0.25) is 10.9 Å². The number of rotatable bonds is 3. The monoisotopic (exact) mass is 390 g/mol. The van der Waals surface area contributed by atoms with E-state index in [4.69, 9.17) is 4.52 Å². The van der Waals surface area contributed by atoms with Crippen molar-refractivity contribution in [3.05, 3.63) is 59.9 Å². The third-order valence-corrected chi connectivity index (χ3v) is 4.57. The van der Waals surface area contributed by atoms with Crippen LogP contribution in [0, 0.1) is 0 Å². The van der Waals surface area contributed by atoms with E-state index in [9.17, 15) is 18.0 Å². The second-order valence-corrected chi connectivity index (χ2v) is 6.42. The Morgan fingerprint density at radius 1 is 1.04 bits per heavy atom. The molecule has 0 spiro atoms. The molecule has 0 unspecified atom stereocenters. The fourth-order valence-corrected chi connectivity index (χ4v) is 3.28. The minimum atomic E-state index is -4.52. The van der Waals surface area contributed by atoms with Crippen LogP contribution in [-0.2, 0) is 6.18 Å². The number of fused-ring (bicyclic) bond motifs is 1. The molecule has 0 saturated heterocycles. The van der Waals surface area contributed by atoms with Crippen LogP contribution >= 0.6 is 11.3 Å². The van der Waals surface area contributed by atoms with Gasteiger partial charge >= 0.3 is 6.18 Å². The van der Waals surface area contributed by atoms with E-state index in [0.29, 0.717) is 10.9 Å². The highest BCUT2D eigenvalue weighted by atomic mass is 32.1. The van der Waals surface area contributed by atoms with Gasteiger partial charge in [-0.1, -0.05) is 46.8 Å². The van der Waals surface area contributed by atoms with Crippen molar-refractivity contribution in [1.29, 1.82) is 0 Å². The number of halogens is 3. The van der Waals surface area contributed by atoms with E-state index in [-0.39, 0.29) is 21.5 Å². The number of aromatic nitrogens is 3. The summed E-state index contributed by atoms with van der Waals surface area (Å²) in [6.45, 7) is 0. The van der Waals surface area contributed by atoms with Crippen molar-refractivity contribution < 1.29 is 22.5 Å². The zero-order valence-electron chi connectivity index (χ0n) is 13.3. The number of alkyl halides is 3. The minimum absolute atomic E-state index is 0.0157. The van der Waals surface area contributed by atoms with E-state index in [1.54, 1.807) is 24.3 Å². The average molecular weight is 390 g/mol. The first kappa shape index (κ1) is 17.2. The SMILES string of the molecule is O=C(Nc1nnc(-c2ccccc2C(F)(F)F)s1)c1onc2ccccc12. The Kier molecular flexibility index (Phi) is 4.11. The van der Waals surface area contributed by atoms with Crippen LogP contribution in [-0.4, -0.2) is 21.3 Å². The molecule has 2 heterocycles. The zero-order chi connectivity index (χ0) is 19.0. The summed E-state index contributed by atoms with van der Waals surface area (Å²) in [7, 11) is 0. The summed E-state index contributed by atoms with van der Waals surface area (Å²) in [6, 6.07) is 11.9. The molecule has 2 aromatic carbocycles. The first-order chi connectivity index (χ1) is 12.9. The van der Waals surface area contributed by atoms with Crippen molar-refractivity contribution in [3.8, 4) is 10.6 Å². The molecular formula is C17H9F3N4O2S. The van der Waals surface area contributed by atoms with Crippen LogP contribution in [0.5, 0.6) is 0 Å². The molecule has 10 heteroatoms.